The van der Waals surface area contributed by atoms with Gasteiger partial charge >= 0.3 is 0 Å². The van der Waals surface area contributed by atoms with Crippen molar-refractivity contribution in [1.82, 2.24) is 0 Å². The Bertz CT molecular complexity index is 650. The smallest absolute Gasteiger partial charge is 0.228 e. The number of hydrogen-bond donors (Lipinski definition) is 1. The highest BCUT2D eigenvalue weighted by Gasteiger charge is 2.38. The van der Waals surface area contributed by atoms with Crippen LogP contribution in [0.1, 0.15) is 6.42 Å². The minimum absolute atomic E-state index is 0.176. The number of sulfonamides is 1. The van der Waals surface area contributed by atoms with Gasteiger partial charge in [0.2, 0.25) is 15.9 Å². The molecular formula is C10H9BrF2N2O3S. The molecule has 1 aromatic carbocycles. The Hall–Kier alpha value is -1.06. The quantitative estimate of drug-likeness (QED) is 0.808. The lowest BCUT2D eigenvalue weighted by molar-refractivity contribution is -0.117. The lowest BCUT2D eigenvalue weighted by Gasteiger charge is -2.17. The summed E-state index contributed by atoms with van der Waals surface area (Å²) in [4.78, 5) is 12.7. The van der Waals surface area contributed by atoms with E-state index in [1.54, 1.807) is 0 Å². The van der Waals surface area contributed by atoms with Crippen LogP contribution >= 0.6 is 15.9 Å². The summed E-state index contributed by atoms with van der Waals surface area (Å²) < 4.78 is 48.9. The zero-order valence-corrected chi connectivity index (χ0v) is 11.8. The molecule has 1 heterocycles. The Morgan fingerprint density at radius 1 is 1.37 bits per heavy atom. The molecule has 1 aliphatic rings. The predicted molar refractivity (Wildman–Crippen MR) is 67.9 cm³/mol. The number of benzene rings is 1. The second-order valence-corrected chi connectivity index (χ2v) is 6.75. The highest BCUT2D eigenvalue weighted by Crippen LogP contribution is 2.31. The van der Waals surface area contributed by atoms with Crippen molar-refractivity contribution in [3.05, 3.63) is 28.2 Å². The molecule has 1 aliphatic heterocycles. The molecule has 1 fully saturated rings. The average Bonchev–Trinajstić information content (AvgIpc) is 2.68. The maximum absolute atomic E-state index is 13.8. The molecule has 0 radical (unpaired) electrons. The van der Waals surface area contributed by atoms with Crippen LogP contribution < -0.4 is 10.0 Å². The number of amides is 1. The second-order valence-electron chi connectivity index (χ2n) is 4.11. The van der Waals surface area contributed by atoms with Crippen LogP contribution in [-0.2, 0) is 14.8 Å². The molecule has 0 aliphatic carbocycles. The van der Waals surface area contributed by atoms with Crippen LogP contribution in [0.25, 0.3) is 0 Å². The van der Waals surface area contributed by atoms with Gasteiger partial charge in [-0.1, -0.05) is 0 Å². The summed E-state index contributed by atoms with van der Waals surface area (Å²) in [6, 6.07) is 2.07. The van der Waals surface area contributed by atoms with Crippen molar-refractivity contribution in [2.45, 2.75) is 11.7 Å². The number of carbonyl (C=O) groups is 1. The third kappa shape index (κ3) is 2.63. The largest absolute Gasteiger partial charge is 0.308 e. The van der Waals surface area contributed by atoms with Crippen LogP contribution in [0, 0.1) is 11.6 Å². The van der Waals surface area contributed by atoms with Gasteiger partial charge in [0.1, 0.15) is 11.1 Å². The van der Waals surface area contributed by atoms with Gasteiger partial charge in [0.15, 0.2) is 5.82 Å². The molecule has 1 saturated heterocycles. The van der Waals surface area contributed by atoms with Crippen LogP contribution in [0.3, 0.4) is 0 Å². The maximum Gasteiger partial charge on any atom is 0.228 e. The minimum Gasteiger partial charge on any atom is -0.308 e. The number of carbonyl (C=O) groups excluding carboxylic acids is 1. The van der Waals surface area contributed by atoms with Gasteiger partial charge < -0.3 is 4.90 Å². The molecule has 19 heavy (non-hydrogen) atoms. The Balaban J connectivity index is 2.39. The van der Waals surface area contributed by atoms with Crippen molar-refractivity contribution < 1.29 is 22.0 Å². The van der Waals surface area contributed by atoms with E-state index in [0.29, 0.717) is 0 Å². The molecular weight excluding hydrogens is 346 g/mol. The predicted octanol–water partition coefficient (Wildman–Crippen LogP) is 1.12. The highest BCUT2D eigenvalue weighted by molar-refractivity contribution is 9.10. The molecule has 0 saturated carbocycles. The molecule has 0 bridgehead atoms. The van der Waals surface area contributed by atoms with Gasteiger partial charge in [-0.3, -0.25) is 4.79 Å². The van der Waals surface area contributed by atoms with E-state index in [4.69, 9.17) is 5.14 Å². The SMILES string of the molecule is NS(=O)(=O)C1CC(=O)N(c2ccc(F)c(Br)c2F)C1. The third-order valence-corrected chi connectivity index (χ3v) is 4.83. The van der Waals surface area contributed by atoms with Crippen LogP contribution in [-0.4, -0.2) is 26.1 Å². The van der Waals surface area contributed by atoms with Gasteiger partial charge in [0.05, 0.1) is 10.2 Å². The molecule has 0 spiro atoms. The van der Waals surface area contributed by atoms with Crippen molar-refractivity contribution in [3.8, 4) is 0 Å². The van der Waals surface area contributed by atoms with E-state index in [1.165, 1.54) is 0 Å². The average molecular weight is 355 g/mol. The summed E-state index contributed by atoms with van der Waals surface area (Å²) in [5.41, 5.74) is -0.176. The molecule has 1 unspecified atom stereocenters. The first-order valence-electron chi connectivity index (χ1n) is 5.17. The van der Waals surface area contributed by atoms with Crippen molar-refractivity contribution in [2.75, 3.05) is 11.4 Å². The fraction of sp³-hybridized carbons (Fsp3) is 0.300. The highest BCUT2D eigenvalue weighted by atomic mass is 79.9. The minimum atomic E-state index is -3.88. The van der Waals surface area contributed by atoms with Gasteiger partial charge in [-0.15, -0.1) is 0 Å². The van der Waals surface area contributed by atoms with Gasteiger partial charge in [0, 0.05) is 13.0 Å². The molecule has 2 N–H and O–H groups in total. The molecule has 1 amide bonds. The van der Waals surface area contributed by atoms with E-state index in [0.717, 1.165) is 17.0 Å². The fourth-order valence-corrected chi connectivity index (χ4v) is 2.92. The van der Waals surface area contributed by atoms with E-state index >= 15 is 0 Å². The summed E-state index contributed by atoms with van der Waals surface area (Å²) >= 11 is 2.72. The molecule has 5 nitrogen and oxygen atoms in total. The van der Waals surface area contributed by atoms with Crippen molar-refractivity contribution >= 4 is 37.5 Å². The number of primary sulfonamides is 1. The van der Waals surface area contributed by atoms with Crippen molar-refractivity contribution in [1.29, 1.82) is 0 Å². The van der Waals surface area contributed by atoms with Crippen LogP contribution in [0.15, 0.2) is 16.6 Å². The molecule has 104 valence electrons. The molecule has 1 aromatic rings. The fourth-order valence-electron chi connectivity index (χ4n) is 1.85. The Kier molecular flexibility index (Phi) is 3.63. The summed E-state index contributed by atoms with van der Waals surface area (Å²) in [6.07, 6.45) is -0.312. The summed E-state index contributed by atoms with van der Waals surface area (Å²) in [5.74, 6) is -2.34. The van der Waals surface area contributed by atoms with Gasteiger partial charge in [-0.2, -0.15) is 0 Å². The van der Waals surface area contributed by atoms with Gasteiger partial charge in [-0.25, -0.2) is 22.3 Å². The first kappa shape index (κ1) is 14.4. The Morgan fingerprint density at radius 2 is 2.00 bits per heavy atom. The number of halogens is 3. The lowest BCUT2D eigenvalue weighted by atomic mass is 10.2. The number of rotatable bonds is 2. The second kappa shape index (κ2) is 4.80. The Morgan fingerprint density at radius 3 is 2.53 bits per heavy atom. The van der Waals surface area contributed by atoms with Crippen LogP contribution in [0.2, 0.25) is 0 Å². The first-order valence-corrected chi connectivity index (χ1v) is 7.57. The third-order valence-electron chi connectivity index (χ3n) is 2.86. The molecule has 2 rings (SSSR count). The van der Waals surface area contributed by atoms with Crippen LogP contribution in [0.4, 0.5) is 14.5 Å². The van der Waals surface area contributed by atoms with E-state index in [9.17, 15) is 22.0 Å². The normalized spacial score (nSPS) is 20.1. The van der Waals surface area contributed by atoms with E-state index in [1.807, 2.05) is 0 Å². The first-order chi connectivity index (χ1) is 8.71. The van der Waals surface area contributed by atoms with E-state index in [-0.39, 0.29) is 18.7 Å². The van der Waals surface area contributed by atoms with Crippen molar-refractivity contribution in [3.63, 3.8) is 0 Å². The summed E-state index contributed by atoms with van der Waals surface area (Å²) in [6.45, 7) is -0.243. The van der Waals surface area contributed by atoms with E-state index < -0.39 is 37.3 Å². The number of nitrogens with two attached hydrogens (primary N) is 1. The lowest BCUT2D eigenvalue weighted by Crippen LogP contribution is -2.32. The van der Waals surface area contributed by atoms with Crippen LogP contribution in [0.5, 0.6) is 0 Å². The summed E-state index contributed by atoms with van der Waals surface area (Å²) in [5, 5.41) is 3.89. The number of anilines is 1. The summed E-state index contributed by atoms with van der Waals surface area (Å²) in [7, 11) is -3.88. The topological polar surface area (TPSA) is 80.5 Å². The number of hydrogen-bond acceptors (Lipinski definition) is 3. The van der Waals surface area contributed by atoms with Gasteiger partial charge in [-0.05, 0) is 28.1 Å². The Labute approximate surface area is 116 Å². The molecule has 1 atom stereocenters. The van der Waals surface area contributed by atoms with Gasteiger partial charge in [0.25, 0.3) is 0 Å². The number of nitrogens with zero attached hydrogens (tertiary/aromatic N) is 1. The standard InChI is InChI=1S/C10H9BrF2N2O3S/c11-9-6(12)1-2-7(10(9)13)15-4-5(3-8(15)16)19(14,17)18/h1-2,5H,3-4H2,(H2,14,17,18). The molecule has 9 heteroatoms. The maximum atomic E-state index is 13.8. The monoisotopic (exact) mass is 354 g/mol. The van der Waals surface area contributed by atoms with Crippen molar-refractivity contribution in [2.24, 2.45) is 5.14 Å². The molecule has 0 aromatic heterocycles. The van der Waals surface area contributed by atoms with E-state index in [2.05, 4.69) is 15.9 Å². The zero-order valence-electron chi connectivity index (χ0n) is 9.44. The zero-order chi connectivity index (χ0) is 14.4.